The predicted octanol–water partition coefficient (Wildman–Crippen LogP) is 4.96. The first-order chi connectivity index (χ1) is 13.3. The third kappa shape index (κ3) is 4.39. The van der Waals surface area contributed by atoms with Gasteiger partial charge in [0, 0.05) is 18.5 Å². The number of carbonyl (C=O) groups is 1. The molecule has 0 saturated carbocycles. The van der Waals surface area contributed by atoms with Crippen LogP contribution >= 0.6 is 11.3 Å². The molecule has 140 valence electrons. The Bertz CT molecular complexity index is 880. The zero-order valence-electron chi connectivity index (χ0n) is 15.2. The summed E-state index contributed by atoms with van der Waals surface area (Å²) in [6, 6.07) is 11.8. The molecule has 1 aromatic carbocycles. The van der Waals surface area contributed by atoms with Crippen molar-refractivity contribution in [2.45, 2.75) is 32.1 Å². The van der Waals surface area contributed by atoms with Gasteiger partial charge in [0.2, 0.25) is 5.91 Å². The number of hydrogen-bond donors (Lipinski definition) is 1. The maximum Gasteiger partial charge on any atom is 0.230 e. The normalized spacial score (nSPS) is 14.7. The number of nitrogens with one attached hydrogen (secondary N) is 1. The molecule has 1 N–H and O–H groups in total. The van der Waals surface area contributed by atoms with Gasteiger partial charge in [0.1, 0.15) is 0 Å². The monoisotopic (exact) mass is 381 g/mol. The minimum atomic E-state index is -0.0476. The highest BCUT2D eigenvalue weighted by molar-refractivity contribution is 7.13. The van der Waals surface area contributed by atoms with Crippen molar-refractivity contribution in [3.8, 4) is 10.8 Å². The Kier molecular flexibility index (Phi) is 5.53. The Labute approximate surface area is 163 Å². The number of anilines is 2. The van der Waals surface area contributed by atoms with Crippen LogP contribution in [0.4, 0.5) is 11.4 Å². The van der Waals surface area contributed by atoms with E-state index in [1.165, 1.54) is 37.0 Å². The first-order valence-electron chi connectivity index (χ1n) is 9.42. The second kappa shape index (κ2) is 8.39. The molecule has 2 aromatic heterocycles. The molecule has 5 nitrogen and oxygen atoms in total. The van der Waals surface area contributed by atoms with Gasteiger partial charge in [-0.1, -0.05) is 25.0 Å². The SMILES string of the molecule is O=C(Cc1csc(-c2ccco2)n1)Nc1ccccc1N1CCCCCC1. The number of aromatic nitrogens is 1. The molecule has 0 unspecified atom stereocenters. The van der Waals surface area contributed by atoms with Gasteiger partial charge in [-0.25, -0.2) is 4.98 Å². The fourth-order valence-electron chi connectivity index (χ4n) is 3.43. The van der Waals surface area contributed by atoms with Crippen LogP contribution in [-0.2, 0) is 11.2 Å². The summed E-state index contributed by atoms with van der Waals surface area (Å²) in [6.07, 6.45) is 6.86. The van der Waals surface area contributed by atoms with E-state index in [0.29, 0.717) is 0 Å². The zero-order valence-corrected chi connectivity index (χ0v) is 16.0. The van der Waals surface area contributed by atoms with Crippen LogP contribution in [0.15, 0.2) is 52.5 Å². The maximum absolute atomic E-state index is 12.6. The molecule has 0 atom stereocenters. The summed E-state index contributed by atoms with van der Waals surface area (Å²) < 4.78 is 5.37. The number of hydrogen-bond acceptors (Lipinski definition) is 5. The molecule has 27 heavy (non-hydrogen) atoms. The number of rotatable bonds is 5. The molecule has 1 aliphatic heterocycles. The van der Waals surface area contributed by atoms with Crippen molar-refractivity contribution in [2.75, 3.05) is 23.3 Å². The van der Waals surface area contributed by atoms with E-state index in [-0.39, 0.29) is 12.3 Å². The van der Waals surface area contributed by atoms with E-state index in [2.05, 4.69) is 21.3 Å². The second-order valence-corrected chi connectivity index (χ2v) is 7.62. The molecule has 0 aliphatic carbocycles. The fourth-order valence-corrected chi connectivity index (χ4v) is 4.21. The Hall–Kier alpha value is -2.60. The summed E-state index contributed by atoms with van der Waals surface area (Å²) in [7, 11) is 0. The topological polar surface area (TPSA) is 58.4 Å². The molecule has 1 aliphatic rings. The molecule has 3 aromatic rings. The summed E-state index contributed by atoms with van der Waals surface area (Å²) in [5.41, 5.74) is 2.75. The van der Waals surface area contributed by atoms with Gasteiger partial charge in [-0.2, -0.15) is 0 Å². The molecular weight excluding hydrogens is 358 g/mol. The molecule has 0 radical (unpaired) electrons. The molecule has 0 spiro atoms. The molecular formula is C21H23N3O2S. The van der Waals surface area contributed by atoms with E-state index in [1.54, 1.807) is 6.26 Å². The Morgan fingerprint density at radius 1 is 1.11 bits per heavy atom. The van der Waals surface area contributed by atoms with E-state index in [1.807, 2.05) is 35.7 Å². The van der Waals surface area contributed by atoms with Gasteiger partial charge in [-0.15, -0.1) is 11.3 Å². The van der Waals surface area contributed by atoms with Gasteiger partial charge >= 0.3 is 0 Å². The van der Waals surface area contributed by atoms with Crippen molar-refractivity contribution in [3.05, 3.63) is 53.7 Å². The predicted molar refractivity (Wildman–Crippen MR) is 109 cm³/mol. The zero-order chi connectivity index (χ0) is 18.5. The lowest BCUT2D eigenvalue weighted by molar-refractivity contribution is -0.115. The Morgan fingerprint density at radius 2 is 1.93 bits per heavy atom. The van der Waals surface area contributed by atoms with Crippen molar-refractivity contribution >= 4 is 28.6 Å². The number of thiazole rings is 1. The third-order valence-electron chi connectivity index (χ3n) is 4.75. The van der Waals surface area contributed by atoms with Crippen LogP contribution in [0.5, 0.6) is 0 Å². The van der Waals surface area contributed by atoms with Crippen molar-refractivity contribution in [2.24, 2.45) is 0 Å². The van der Waals surface area contributed by atoms with E-state index >= 15 is 0 Å². The maximum atomic E-state index is 12.6. The van der Waals surface area contributed by atoms with Crippen molar-refractivity contribution in [3.63, 3.8) is 0 Å². The van der Waals surface area contributed by atoms with Crippen molar-refractivity contribution in [1.29, 1.82) is 0 Å². The molecule has 0 bridgehead atoms. The molecule has 1 fully saturated rings. The van der Waals surface area contributed by atoms with Crippen LogP contribution in [0.25, 0.3) is 10.8 Å². The molecule has 4 rings (SSSR count). The second-order valence-electron chi connectivity index (χ2n) is 6.76. The molecule has 6 heteroatoms. The highest BCUT2D eigenvalue weighted by Gasteiger charge is 2.16. The molecule has 1 saturated heterocycles. The van der Waals surface area contributed by atoms with Crippen LogP contribution in [0.3, 0.4) is 0 Å². The minimum Gasteiger partial charge on any atom is -0.462 e. The number of benzene rings is 1. The lowest BCUT2D eigenvalue weighted by Gasteiger charge is -2.25. The lowest BCUT2D eigenvalue weighted by Crippen LogP contribution is -2.26. The standard InChI is InChI=1S/C21H23N3O2S/c25-20(14-16-15-27-21(22-16)19-10-7-13-26-19)23-17-8-3-4-9-18(17)24-11-5-1-2-6-12-24/h3-4,7-10,13,15H,1-2,5-6,11-12,14H2,(H,23,25). The number of carbonyl (C=O) groups excluding carboxylic acids is 1. The Morgan fingerprint density at radius 3 is 2.70 bits per heavy atom. The van der Waals surface area contributed by atoms with E-state index in [0.717, 1.165) is 40.9 Å². The summed E-state index contributed by atoms with van der Waals surface area (Å²) in [6.45, 7) is 2.09. The minimum absolute atomic E-state index is 0.0476. The number of nitrogens with zero attached hydrogens (tertiary/aromatic N) is 2. The van der Waals surface area contributed by atoms with Crippen LogP contribution in [0.2, 0.25) is 0 Å². The van der Waals surface area contributed by atoms with Crippen LogP contribution in [0.1, 0.15) is 31.4 Å². The Balaban J connectivity index is 1.44. The van der Waals surface area contributed by atoms with E-state index in [4.69, 9.17) is 4.42 Å². The van der Waals surface area contributed by atoms with Crippen LogP contribution < -0.4 is 10.2 Å². The highest BCUT2D eigenvalue weighted by atomic mass is 32.1. The first kappa shape index (κ1) is 17.8. The summed E-state index contributed by atoms with van der Waals surface area (Å²) in [5.74, 6) is 0.687. The lowest BCUT2D eigenvalue weighted by atomic mass is 10.2. The molecule has 3 heterocycles. The van der Waals surface area contributed by atoms with E-state index in [9.17, 15) is 4.79 Å². The first-order valence-corrected chi connectivity index (χ1v) is 10.3. The van der Waals surface area contributed by atoms with Gasteiger partial charge in [-0.3, -0.25) is 4.79 Å². The van der Waals surface area contributed by atoms with E-state index < -0.39 is 0 Å². The highest BCUT2D eigenvalue weighted by Crippen LogP contribution is 2.28. The van der Waals surface area contributed by atoms with Gasteiger partial charge in [-0.05, 0) is 37.1 Å². The van der Waals surface area contributed by atoms with Crippen LogP contribution in [0, 0.1) is 0 Å². The summed E-state index contributed by atoms with van der Waals surface area (Å²) in [4.78, 5) is 19.5. The largest absolute Gasteiger partial charge is 0.462 e. The number of furan rings is 1. The summed E-state index contributed by atoms with van der Waals surface area (Å²) >= 11 is 1.49. The molecule has 1 amide bonds. The van der Waals surface area contributed by atoms with Gasteiger partial charge in [0.25, 0.3) is 0 Å². The van der Waals surface area contributed by atoms with Crippen molar-refractivity contribution < 1.29 is 9.21 Å². The van der Waals surface area contributed by atoms with Gasteiger partial charge in [0.15, 0.2) is 10.8 Å². The number of amides is 1. The third-order valence-corrected chi connectivity index (χ3v) is 5.66. The summed E-state index contributed by atoms with van der Waals surface area (Å²) in [5, 5.41) is 5.80. The fraction of sp³-hybridized carbons (Fsp3) is 0.333. The average molecular weight is 382 g/mol. The smallest absolute Gasteiger partial charge is 0.230 e. The van der Waals surface area contributed by atoms with Gasteiger partial charge in [0.05, 0.1) is 29.8 Å². The van der Waals surface area contributed by atoms with Crippen LogP contribution in [-0.4, -0.2) is 24.0 Å². The number of para-hydroxylation sites is 2. The van der Waals surface area contributed by atoms with Crippen molar-refractivity contribution in [1.82, 2.24) is 4.98 Å². The average Bonchev–Trinajstić information content (AvgIpc) is 3.29. The quantitative estimate of drug-likeness (QED) is 0.678. The van der Waals surface area contributed by atoms with Gasteiger partial charge < -0.3 is 14.6 Å².